The first-order chi connectivity index (χ1) is 10.3. The van der Waals surface area contributed by atoms with E-state index in [9.17, 15) is 0 Å². The number of benzene rings is 1. The number of H-pyrrole nitrogens is 1. The van der Waals surface area contributed by atoms with E-state index in [4.69, 9.17) is 4.98 Å². The zero-order chi connectivity index (χ0) is 14.2. The van der Waals surface area contributed by atoms with Crippen LogP contribution in [-0.2, 0) is 5.75 Å². The van der Waals surface area contributed by atoms with E-state index in [0.717, 1.165) is 39.2 Å². The molecule has 0 radical (unpaired) electrons. The molecule has 1 fully saturated rings. The average Bonchev–Trinajstić information content (AvgIpc) is 3.24. The van der Waals surface area contributed by atoms with Gasteiger partial charge in [0.2, 0.25) is 5.16 Å². The summed E-state index contributed by atoms with van der Waals surface area (Å²) >= 11 is 1.61. The van der Waals surface area contributed by atoms with Crippen LogP contribution in [0.5, 0.6) is 0 Å². The minimum Gasteiger partial charge on any atom is -0.262 e. The highest BCUT2D eigenvalue weighted by atomic mass is 32.2. The summed E-state index contributed by atoms with van der Waals surface area (Å²) in [5.74, 6) is 2.37. The first-order valence-corrected chi connectivity index (χ1v) is 8.05. The van der Waals surface area contributed by atoms with E-state index in [1.165, 1.54) is 12.8 Å². The van der Waals surface area contributed by atoms with Crippen LogP contribution in [0.3, 0.4) is 0 Å². The lowest BCUT2D eigenvalue weighted by Crippen LogP contribution is -1.97. The standard InChI is InChI=1S/C15H15N5S/c1-9-13(17-12-5-3-2-4-11(12)16-9)8-21-15-18-14(19-20-15)10-6-7-10/h2-5,10H,6-8H2,1H3,(H,18,19,20). The van der Waals surface area contributed by atoms with Crippen LogP contribution in [0.25, 0.3) is 11.0 Å². The van der Waals surface area contributed by atoms with Gasteiger partial charge in [0.25, 0.3) is 0 Å². The van der Waals surface area contributed by atoms with Crippen molar-refractivity contribution in [2.75, 3.05) is 0 Å². The second-order valence-corrected chi connectivity index (χ2v) is 6.25. The van der Waals surface area contributed by atoms with E-state index in [0.29, 0.717) is 5.92 Å². The van der Waals surface area contributed by atoms with Gasteiger partial charge in [-0.05, 0) is 31.9 Å². The van der Waals surface area contributed by atoms with Gasteiger partial charge in [0.05, 0.1) is 22.4 Å². The number of aromatic nitrogens is 5. The minimum absolute atomic E-state index is 0.606. The van der Waals surface area contributed by atoms with Crippen LogP contribution in [-0.4, -0.2) is 25.1 Å². The molecule has 2 aromatic heterocycles. The molecular weight excluding hydrogens is 282 g/mol. The van der Waals surface area contributed by atoms with E-state index in [-0.39, 0.29) is 0 Å². The summed E-state index contributed by atoms with van der Waals surface area (Å²) in [4.78, 5) is 13.8. The van der Waals surface area contributed by atoms with Crippen molar-refractivity contribution in [2.45, 2.75) is 36.6 Å². The van der Waals surface area contributed by atoms with Crippen LogP contribution >= 0.6 is 11.8 Å². The van der Waals surface area contributed by atoms with Gasteiger partial charge in [0.1, 0.15) is 5.82 Å². The van der Waals surface area contributed by atoms with Gasteiger partial charge >= 0.3 is 0 Å². The van der Waals surface area contributed by atoms with E-state index >= 15 is 0 Å². The molecule has 4 rings (SSSR count). The molecule has 1 aliphatic rings. The molecule has 0 saturated heterocycles. The third kappa shape index (κ3) is 2.63. The Hall–Kier alpha value is -1.95. The lowest BCUT2D eigenvalue weighted by Gasteiger charge is -2.04. The summed E-state index contributed by atoms with van der Waals surface area (Å²) in [6.07, 6.45) is 2.46. The van der Waals surface area contributed by atoms with Gasteiger partial charge in [0.15, 0.2) is 0 Å². The predicted molar refractivity (Wildman–Crippen MR) is 82.2 cm³/mol. The molecular formula is C15H15N5S. The van der Waals surface area contributed by atoms with Crippen molar-refractivity contribution in [3.8, 4) is 0 Å². The lowest BCUT2D eigenvalue weighted by molar-refractivity contribution is 0.932. The fourth-order valence-electron chi connectivity index (χ4n) is 2.26. The van der Waals surface area contributed by atoms with Crippen LogP contribution in [0.4, 0.5) is 0 Å². The van der Waals surface area contributed by atoms with Crippen molar-refractivity contribution < 1.29 is 0 Å². The average molecular weight is 297 g/mol. The first-order valence-electron chi connectivity index (χ1n) is 7.07. The molecule has 0 amide bonds. The molecule has 6 heteroatoms. The molecule has 1 saturated carbocycles. The van der Waals surface area contributed by atoms with Crippen LogP contribution in [0, 0.1) is 6.92 Å². The second kappa shape index (κ2) is 5.11. The van der Waals surface area contributed by atoms with Crippen molar-refractivity contribution in [3.63, 3.8) is 0 Å². The SMILES string of the molecule is Cc1nc2ccccc2nc1CSc1n[nH]c(C2CC2)n1. The number of nitrogens with zero attached hydrogens (tertiary/aromatic N) is 4. The van der Waals surface area contributed by atoms with Crippen molar-refractivity contribution in [1.29, 1.82) is 0 Å². The number of aromatic amines is 1. The number of rotatable bonds is 4. The van der Waals surface area contributed by atoms with Crippen LogP contribution < -0.4 is 0 Å². The lowest BCUT2D eigenvalue weighted by atomic mass is 10.2. The Bertz CT molecular complexity index is 794. The number of nitrogens with one attached hydrogen (secondary N) is 1. The number of aryl methyl sites for hydroxylation is 1. The highest BCUT2D eigenvalue weighted by molar-refractivity contribution is 7.98. The number of hydrogen-bond donors (Lipinski definition) is 1. The van der Waals surface area contributed by atoms with Crippen molar-refractivity contribution in [3.05, 3.63) is 41.5 Å². The summed E-state index contributed by atoms with van der Waals surface area (Å²) in [7, 11) is 0. The summed E-state index contributed by atoms with van der Waals surface area (Å²) in [6.45, 7) is 2.00. The Morgan fingerprint density at radius 3 is 2.67 bits per heavy atom. The molecule has 0 unspecified atom stereocenters. The molecule has 3 aromatic rings. The molecule has 5 nitrogen and oxygen atoms in total. The first kappa shape index (κ1) is 12.8. The van der Waals surface area contributed by atoms with Crippen molar-refractivity contribution in [1.82, 2.24) is 25.1 Å². The maximum atomic E-state index is 4.69. The minimum atomic E-state index is 0.606. The highest BCUT2D eigenvalue weighted by Gasteiger charge is 2.27. The van der Waals surface area contributed by atoms with Gasteiger partial charge < -0.3 is 0 Å². The Morgan fingerprint density at radius 1 is 1.14 bits per heavy atom. The Morgan fingerprint density at radius 2 is 1.90 bits per heavy atom. The zero-order valence-corrected chi connectivity index (χ0v) is 12.5. The van der Waals surface area contributed by atoms with Gasteiger partial charge in [-0.2, -0.15) is 0 Å². The van der Waals surface area contributed by atoms with Crippen molar-refractivity contribution in [2.24, 2.45) is 0 Å². The van der Waals surface area contributed by atoms with E-state index in [1.54, 1.807) is 11.8 Å². The molecule has 0 bridgehead atoms. The third-order valence-electron chi connectivity index (χ3n) is 3.63. The van der Waals surface area contributed by atoms with Crippen LogP contribution in [0.15, 0.2) is 29.4 Å². The summed E-state index contributed by atoms with van der Waals surface area (Å²) in [5, 5.41) is 8.09. The Kier molecular flexibility index (Phi) is 3.11. The Labute approximate surface area is 126 Å². The van der Waals surface area contributed by atoms with Crippen LogP contribution in [0.2, 0.25) is 0 Å². The Balaban J connectivity index is 1.54. The van der Waals surface area contributed by atoms with Gasteiger partial charge in [-0.15, -0.1) is 5.10 Å². The van der Waals surface area contributed by atoms with Gasteiger partial charge in [-0.3, -0.25) is 5.10 Å². The van der Waals surface area contributed by atoms with E-state index < -0.39 is 0 Å². The van der Waals surface area contributed by atoms with Gasteiger partial charge in [-0.25, -0.2) is 15.0 Å². The van der Waals surface area contributed by atoms with Gasteiger partial charge in [-0.1, -0.05) is 23.9 Å². The molecule has 0 spiro atoms. The molecule has 0 atom stereocenters. The smallest absolute Gasteiger partial charge is 0.208 e. The van der Waals surface area contributed by atoms with Crippen LogP contribution in [0.1, 0.15) is 36.0 Å². The molecule has 1 aromatic carbocycles. The number of hydrogen-bond acceptors (Lipinski definition) is 5. The molecule has 21 heavy (non-hydrogen) atoms. The van der Waals surface area contributed by atoms with Gasteiger partial charge in [0, 0.05) is 11.7 Å². The number of thioether (sulfide) groups is 1. The largest absolute Gasteiger partial charge is 0.262 e. The second-order valence-electron chi connectivity index (χ2n) is 5.31. The van der Waals surface area contributed by atoms with E-state index in [2.05, 4.69) is 20.2 Å². The third-order valence-corrected chi connectivity index (χ3v) is 4.49. The fourth-order valence-corrected chi connectivity index (χ4v) is 3.07. The molecule has 1 aliphatic carbocycles. The fraction of sp³-hybridized carbons (Fsp3) is 0.333. The molecule has 0 aliphatic heterocycles. The summed E-state index contributed by atoms with van der Waals surface area (Å²) in [5.41, 5.74) is 3.85. The molecule has 106 valence electrons. The summed E-state index contributed by atoms with van der Waals surface area (Å²) < 4.78 is 0. The highest BCUT2D eigenvalue weighted by Crippen LogP contribution is 2.38. The summed E-state index contributed by atoms with van der Waals surface area (Å²) in [6, 6.07) is 7.95. The number of para-hydroxylation sites is 2. The van der Waals surface area contributed by atoms with Crippen molar-refractivity contribution >= 4 is 22.8 Å². The molecule has 2 heterocycles. The monoisotopic (exact) mass is 297 g/mol. The predicted octanol–water partition coefficient (Wildman–Crippen LogP) is 3.23. The maximum Gasteiger partial charge on any atom is 0.208 e. The normalized spacial score (nSPS) is 14.7. The van der Waals surface area contributed by atoms with E-state index in [1.807, 2.05) is 31.2 Å². The molecule has 1 N–H and O–H groups in total. The quantitative estimate of drug-likeness (QED) is 0.749. The topological polar surface area (TPSA) is 67.3 Å². The number of fused-ring (bicyclic) bond motifs is 1. The maximum absolute atomic E-state index is 4.69. The zero-order valence-electron chi connectivity index (χ0n) is 11.7.